The third-order valence-corrected chi connectivity index (χ3v) is 6.59. The molecule has 0 saturated carbocycles. The number of unbranched alkanes of at least 4 members (excludes halogenated alkanes) is 1. The number of allylic oxidation sites excluding steroid dienone is 1. The van der Waals surface area contributed by atoms with E-state index in [1.54, 1.807) is 13.0 Å². The van der Waals surface area contributed by atoms with Gasteiger partial charge >= 0.3 is 19.1 Å². The van der Waals surface area contributed by atoms with Crippen molar-refractivity contribution in [3.05, 3.63) is 12.2 Å². The second-order valence-electron chi connectivity index (χ2n) is 6.42. The molecule has 1 atom stereocenters. The number of likely N-dealkylation sites (N-methyl/N-ethyl adjacent to an activating group) is 1. The number of rotatable bonds is 8. The first-order valence-electron chi connectivity index (χ1n) is 8.68. The first-order chi connectivity index (χ1) is 12.9. The van der Waals surface area contributed by atoms with Crippen molar-refractivity contribution in [2.24, 2.45) is 0 Å². The van der Waals surface area contributed by atoms with Crippen molar-refractivity contribution >= 4 is 63.9 Å². The van der Waals surface area contributed by atoms with Gasteiger partial charge in [-0.15, -0.1) is 0 Å². The minimum atomic E-state index is -4.29. The summed E-state index contributed by atoms with van der Waals surface area (Å²) in [5, 5.41) is 0. The minimum Gasteiger partial charge on any atom is -0.497 e. The summed E-state index contributed by atoms with van der Waals surface area (Å²) in [4.78, 5) is 25.7. The van der Waals surface area contributed by atoms with Crippen LogP contribution >= 0.6 is 34.8 Å². The molecule has 0 spiro atoms. The molecule has 28 heavy (non-hydrogen) atoms. The highest BCUT2D eigenvalue weighted by molar-refractivity contribution is 7.92. The standard InChI is InChI=1S/C15H24BCl3N2O6S/c1-4-6-7-8-14(5-2,28(24,25)20-11-15(17,18)19)16-26-12(22)9-21(3)10-13(23)27-16/h7-8,20H,4-6,9-11H2,1-3H3/b8-7+. The lowest BCUT2D eigenvalue weighted by Gasteiger charge is -2.34. The van der Waals surface area contributed by atoms with Crippen LogP contribution in [0, 0.1) is 0 Å². The van der Waals surface area contributed by atoms with Crippen molar-refractivity contribution in [2.45, 2.75) is 41.5 Å². The molecule has 1 aliphatic rings. The van der Waals surface area contributed by atoms with Gasteiger partial charge in [-0.25, -0.2) is 13.1 Å². The van der Waals surface area contributed by atoms with Crippen LogP contribution in [0.3, 0.4) is 0 Å². The molecule has 0 amide bonds. The van der Waals surface area contributed by atoms with E-state index in [1.165, 1.54) is 18.0 Å². The van der Waals surface area contributed by atoms with Gasteiger partial charge < -0.3 is 9.31 Å². The Morgan fingerprint density at radius 2 is 1.71 bits per heavy atom. The zero-order valence-corrected chi connectivity index (χ0v) is 19.0. The summed E-state index contributed by atoms with van der Waals surface area (Å²) < 4.78 is 35.3. The second kappa shape index (κ2) is 10.5. The van der Waals surface area contributed by atoms with Crippen LogP contribution in [0.25, 0.3) is 0 Å². The summed E-state index contributed by atoms with van der Waals surface area (Å²) in [6.45, 7) is 2.59. The van der Waals surface area contributed by atoms with Crippen LogP contribution in [0.5, 0.6) is 0 Å². The molecule has 160 valence electrons. The van der Waals surface area contributed by atoms with E-state index in [4.69, 9.17) is 44.1 Å². The average molecular weight is 478 g/mol. The van der Waals surface area contributed by atoms with Crippen molar-refractivity contribution in [3.8, 4) is 0 Å². The monoisotopic (exact) mass is 476 g/mol. The second-order valence-corrected chi connectivity index (χ2v) is 11.0. The molecule has 0 radical (unpaired) electrons. The predicted molar refractivity (Wildman–Crippen MR) is 110 cm³/mol. The number of hydrogen-bond donors (Lipinski definition) is 1. The SMILES string of the molecule is CCC/C=C/C(CC)(B1OC(=O)CN(C)CC(=O)O1)S(=O)(=O)NCC(Cl)(Cl)Cl. The first-order valence-corrected chi connectivity index (χ1v) is 11.3. The number of carbonyl (C=O) groups is 2. The lowest BCUT2D eigenvalue weighted by atomic mass is 9.68. The number of hydrogen-bond acceptors (Lipinski definition) is 7. The molecular weight excluding hydrogens is 453 g/mol. The zero-order chi connectivity index (χ0) is 21.6. The molecule has 1 rings (SSSR count). The molecular formula is C15H24BCl3N2O6S. The van der Waals surface area contributed by atoms with E-state index in [0.29, 0.717) is 6.42 Å². The normalized spacial score (nSPS) is 19.7. The van der Waals surface area contributed by atoms with Gasteiger partial charge in [-0.1, -0.05) is 67.2 Å². The van der Waals surface area contributed by atoms with Crippen LogP contribution in [0.1, 0.15) is 33.1 Å². The summed E-state index contributed by atoms with van der Waals surface area (Å²) in [5.41, 5.74) is 0. The van der Waals surface area contributed by atoms with Gasteiger partial charge in [0.2, 0.25) is 13.8 Å². The van der Waals surface area contributed by atoms with Crippen LogP contribution in [-0.4, -0.2) is 67.5 Å². The van der Waals surface area contributed by atoms with Gasteiger partial charge in [0.05, 0.1) is 19.6 Å². The summed E-state index contributed by atoms with van der Waals surface area (Å²) in [5.74, 6) is -1.45. The minimum absolute atomic E-state index is 0.0660. The molecule has 8 nitrogen and oxygen atoms in total. The quantitative estimate of drug-likeness (QED) is 0.323. The third kappa shape index (κ3) is 7.07. The Labute approximate surface area is 181 Å². The van der Waals surface area contributed by atoms with Crippen LogP contribution in [-0.2, 0) is 28.9 Å². The molecule has 0 aromatic carbocycles. The lowest BCUT2D eigenvalue weighted by molar-refractivity contribution is -0.146. The van der Waals surface area contributed by atoms with E-state index in [9.17, 15) is 18.0 Å². The Balaban J connectivity index is 3.39. The topological polar surface area (TPSA) is 102 Å². The van der Waals surface area contributed by atoms with Crippen LogP contribution < -0.4 is 4.72 Å². The Morgan fingerprint density at radius 1 is 1.18 bits per heavy atom. The fraction of sp³-hybridized carbons (Fsp3) is 0.733. The van der Waals surface area contributed by atoms with E-state index in [0.717, 1.165) is 6.42 Å². The molecule has 0 aromatic rings. The maximum Gasteiger partial charge on any atom is 0.626 e. The van der Waals surface area contributed by atoms with Gasteiger partial charge in [-0.2, -0.15) is 0 Å². The Kier molecular flexibility index (Phi) is 9.57. The van der Waals surface area contributed by atoms with Gasteiger partial charge in [-0.3, -0.25) is 14.5 Å². The highest BCUT2D eigenvalue weighted by Gasteiger charge is 2.59. The third-order valence-electron chi connectivity index (χ3n) is 4.04. The van der Waals surface area contributed by atoms with E-state index in [-0.39, 0.29) is 19.5 Å². The van der Waals surface area contributed by atoms with E-state index >= 15 is 0 Å². The van der Waals surface area contributed by atoms with Gasteiger partial charge in [0, 0.05) is 0 Å². The summed E-state index contributed by atoms with van der Waals surface area (Å²) in [7, 11) is -4.44. The van der Waals surface area contributed by atoms with Crippen LogP contribution in [0.2, 0.25) is 0 Å². The molecule has 1 heterocycles. The summed E-state index contributed by atoms with van der Waals surface area (Å²) >= 11 is 17.0. The van der Waals surface area contributed by atoms with Crippen molar-refractivity contribution in [1.82, 2.24) is 9.62 Å². The molecule has 1 fully saturated rings. The summed E-state index contributed by atoms with van der Waals surface area (Å²) in [6, 6.07) is 0. The molecule has 0 aromatic heterocycles. The highest BCUT2D eigenvalue weighted by atomic mass is 35.6. The van der Waals surface area contributed by atoms with Gasteiger partial charge in [0.25, 0.3) is 0 Å². The smallest absolute Gasteiger partial charge is 0.497 e. The molecule has 0 bridgehead atoms. The Hall–Kier alpha value is -0.515. The number of nitrogens with zero attached hydrogens (tertiary/aromatic N) is 1. The first kappa shape index (κ1) is 25.5. The van der Waals surface area contributed by atoms with Crippen molar-refractivity contribution in [2.75, 3.05) is 26.7 Å². The fourth-order valence-corrected chi connectivity index (χ4v) is 4.68. The highest BCUT2D eigenvalue weighted by Crippen LogP contribution is 2.31. The molecule has 1 saturated heterocycles. The van der Waals surface area contributed by atoms with Gasteiger partial charge in [-0.05, 0) is 19.9 Å². The number of halogens is 3. The van der Waals surface area contributed by atoms with Crippen molar-refractivity contribution < 1.29 is 27.3 Å². The molecule has 1 unspecified atom stereocenters. The fourth-order valence-electron chi connectivity index (χ4n) is 2.56. The predicted octanol–water partition coefficient (Wildman–Crippen LogP) is 1.84. The van der Waals surface area contributed by atoms with Gasteiger partial charge in [0.15, 0.2) is 4.65 Å². The van der Waals surface area contributed by atoms with Crippen molar-refractivity contribution in [1.29, 1.82) is 0 Å². The lowest BCUT2D eigenvalue weighted by Crippen LogP contribution is -2.61. The van der Waals surface area contributed by atoms with Crippen LogP contribution in [0.15, 0.2) is 12.2 Å². The largest absolute Gasteiger partial charge is 0.626 e. The molecule has 1 N–H and O–H groups in total. The number of nitrogens with one attached hydrogen (secondary N) is 1. The van der Waals surface area contributed by atoms with Gasteiger partial charge in [0.1, 0.15) is 0 Å². The zero-order valence-electron chi connectivity index (χ0n) is 15.9. The van der Waals surface area contributed by atoms with E-state index in [2.05, 4.69) is 4.72 Å². The Morgan fingerprint density at radius 3 is 2.14 bits per heavy atom. The molecule has 13 heteroatoms. The maximum atomic E-state index is 13.2. The molecule has 1 aliphatic heterocycles. The van der Waals surface area contributed by atoms with E-state index in [1.807, 2.05) is 6.92 Å². The van der Waals surface area contributed by atoms with Crippen LogP contribution in [0.4, 0.5) is 0 Å². The average Bonchev–Trinajstić information content (AvgIpc) is 2.54. The summed E-state index contributed by atoms with van der Waals surface area (Å²) in [6.07, 6.45) is 4.26. The number of alkyl halides is 3. The van der Waals surface area contributed by atoms with Crippen molar-refractivity contribution in [3.63, 3.8) is 0 Å². The van der Waals surface area contributed by atoms with E-state index < -0.39 is 44.1 Å². The molecule has 0 aliphatic carbocycles. The Bertz CT molecular complexity index is 680. The maximum absolute atomic E-state index is 13.2. The number of carbonyl (C=O) groups excluding carboxylic acids is 2. The number of sulfonamides is 1.